The molecule has 0 saturated heterocycles. The molecule has 1 aliphatic carbocycles. The number of rotatable bonds is 3. The molecule has 1 fully saturated rings. The molecule has 14 heavy (non-hydrogen) atoms. The highest BCUT2D eigenvalue weighted by atomic mass is 79.9. The number of hydrogen-bond donors (Lipinski definition) is 0. The molecule has 1 aliphatic rings. The topological polar surface area (TPSA) is 0 Å². The summed E-state index contributed by atoms with van der Waals surface area (Å²) in [7, 11) is 0. The molecular weight excluding hydrogens is 259 g/mol. The second-order valence-corrected chi connectivity index (χ2v) is 5.36. The van der Waals surface area contributed by atoms with Crippen LogP contribution < -0.4 is 0 Å². The molecule has 76 valence electrons. The average Bonchev–Trinajstić information content (AvgIpc) is 2.93. The van der Waals surface area contributed by atoms with Crippen molar-refractivity contribution in [1.82, 2.24) is 0 Å². The predicted molar refractivity (Wildman–Crippen MR) is 65.4 cm³/mol. The van der Waals surface area contributed by atoms with Crippen molar-refractivity contribution >= 4 is 27.5 Å². The molecule has 0 unspecified atom stereocenters. The van der Waals surface area contributed by atoms with Gasteiger partial charge in [0, 0.05) is 10.4 Å². The fraction of sp³-hybridized carbons (Fsp3) is 0.500. The Bertz CT molecular complexity index is 342. The third-order valence-electron chi connectivity index (χ3n) is 3.04. The van der Waals surface area contributed by atoms with Gasteiger partial charge in [-0.3, -0.25) is 0 Å². The quantitative estimate of drug-likeness (QED) is 0.718. The summed E-state index contributed by atoms with van der Waals surface area (Å²) in [6.45, 7) is 2.07. The molecule has 1 saturated carbocycles. The van der Waals surface area contributed by atoms with Gasteiger partial charge in [-0.2, -0.15) is 0 Å². The highest BCUT2D eigenvalue weighted by Crippen LogP contribution is 2.49. The van der Waals surface area contributed by atoms with E-state index in [9.17, 15) is 0 Å². The Morgan fingerprint density at radius 3 is 2.64 bits per heavy atom. The van der Waals surface area contributed by atoms with Gasteiger partial charge in [-0.15, -0.1) is 0 Å². The van der Waals surface area contributed by atoms with Gasteiger partial charge in [0.15, 0.2) is 0 Å². The van der Waals surface area contributed by atoms with E-state index in [0.717, 1.165) is 10.4 Å². The van der Waals surface area contributed by atoms with Gasteiger partial charge in [-0.05, 0) is 48.8 Å². The number of hydrogen-bond acceptors (Lipinski definition) is 0. The van der Waals surface area contributed by atoms with Crippen LogP contribution in [0.15, 0.2) is 18.2 Å². The van der Waals surface area contributed by atoms with Gasteiger partial charge in [0.2, 0.25) is 0 Å². The Balaban J connectivity index is 2.14. The van der Waals surface area contributed by atoms with Crippen molar-refractivity contribution in [2.75, 3.05) is 5.33 Å². The molecule has 2 heteroatoms. The van der Waals surface area contributed by atoms with Crippen LogP contribution in [0.3, 0.4) is 0 Å². The summed E-state index contributed by atoms with van der Waals surface area (Å²) >= 11 is 9.59. The lowest BCUT2D eigenvalue weighted by atomic mass is 9.97. The van der Waals surface area contributed by atoms with Crippen molar-refractivity contribution in [3.8, 4) is 0 Å². The van der Waals surface area contributed by atoms with Crippen LogP contribution in [0.5, 0.6) is 0 Å². The summed E-state index contributed by atoms with van der Waals surface area (Å²) in [4.78, 5) is 0. The van der Waals surface area contributed by atoms with Crippen LogP contribution in [0.4, 0.5) is 0 Å². The number of benzene rings is 1. The summed E-state index contributed by atoms with van der Waals surface area (Å²) in [6.07, 6.45) is 3.91. The van der Waals surface area contributed by atoms with E-state index in [0.29, 0.717) is 5.41 Å². The van der Waals surface area contributed by atoms with Crippen molar-refractivity contribution in [2.24, 2.45) is 5.41 Å². The van der Waals surface area contributed by atoms with E-state index in [2.05, 4.69) is 35.0 Å². The standard InChI is InChI=1S/C12H14BrCl/c1-9-6-10(2-3-11(9)14)7-12(8-13)4-5-12/h2-3,6H,4-5,7-8H2,1H3. The van der Waals surface area contributed by atoms with E-state index in [1.165, 1.54) is 30.4 Å². The normalized spacial score (nSPS) is 18.2. The van der Waals surface area contributed by atoms with Gasteiger partial charge in [0.05, 0.1) is 0 Å². The van der Waals surface area contributed by atoms with Crippen molar-refractivity contribution in [3.05, 3.63) is 34.3 Å². The molecule has 0 radical (unpaired) electrons. The zero-order valence-electron chi connectivity index (χ0n) is 8.32. The summed E-state index contributed by atoms with van der Waals surface area (Å²) < 4.78 is 0. The molecule has 1 aromatic carbocycles. The monoisotopic (exact) mass is 272 g/mol. The molecule has 0 N–H and O–H groups in total. The molecule has 0 nitrogen and oxygen atoms in total. The lowest BCUT2D eigenvalue weighted by molar-refractivity contribution is 0.586. The molecule has 0 amide bonds. The van der Waals surface area contributed by atoms with Crippen LogP contribution >= 0.6 is 27.5 Å². The third-order valence-corrected chi connectivity index (χ3v) is 4.66. The van der Waals surface area contributed by atoms with Crippen LogP contribution in [0.1, 0.15) is 24.0 Å². The lowest BCUT2D eigenvalue weighted by Gasteiger charge is -2.11. The van der Waals surface area contributed by atoms with Gasteiger partial charge in [-0.25, -0.2) is 0 Å². The molecule has 0 atom stereocenters. The van der Waals surface area contributed by atoms with Gasteiger partial charge in [-0.1, -0.05) is 39.7 Å². The minimum absolute atomic E-state index is 0.556. The van der Waals surface area contributed by atoms with E-state index >= 15 is 0 Å². The molecule has 2 rings (SSSR count). The minimum atomic E-state index is 0.556. The maximum Gasteiger partial charge on any atom is 0.0435 e. The highest BCUT2D eigenvalue weighted by Gasteiger charge is 2.41. The second-order valence-electron chi connectivity index (χ2n) is 4.39. The Morgan fingerprint density at radius 2 is 2.14 bits per heavy atom. The molecule has 0 heterocycles. The largest absolute Gasteiger partial charge is 0.0922 e. The Labute approximate surface area is 98.8 Å². The van der Waals surface area contributed by atoms with E-state index in [1.807, 2.05) is 6.07 Å². The first-order chi connectivity index (χ1) is 6.65. The van der Waals surface area contributed by atoms with Crippen molar-refractivity contribution in [1.29, 1.82) is 0 Å². The third kappa shape index (κ3) is 2.14. The fourth-order valence-corrected chi connectivity index (χ4v) is 2.66. The molecule has 0 aromatic heterocycles. The van der Waals surface area contributed by atoms with E-state index in [-0.39, 0.29) is 0 Å². The van der Waals surface area contributed by atoms with Gasteiger partial charge >= 0.3 is 0 Å². The fourth-order valence-electron chi connectivity index (χ4n) is 1.78. The molecule has 1 aromatic rings. The summed E-state index contributed by atoms with van der Waals surface area (Å²) in [5.41, 5.74) is 3.17. The Morgan fingerprint density at radius 1 is 1.43 bits per heavy atom. The Kier molecular flexibility index (Phi) is 2.90. The second kappa shape index (κ2) is 3.86. The summed E-state index contributed by atoms with van der Waals surface area (Å²) in [5, 5.41) is 2.00. The van der Waals surface area contributed by atoms with Crippen molar-refractivity contribution < 1.29 is 0 Å². The molecule has 0 spiro atoms. The number of halogens is 2. The SMILES string of the molecule is Cc1cc(CC2(CBr)CC2)ccc1Cl. The zero-order chi connectivity index (χ0) is 10.2. The summed E-state index contributed by atoms with van der Waals surface area (Å²) in [6, 6.07) is 6.37. The number of aryl methyl sites for hydroxylation is 1. The van der Waals surface area contributed by atoms with Crippen LogP contribution in [0.25, 0.3) is 0 Å². The first-order valence-corrected chi connectivity index (χ1v) is 6.46. The van der Waals surface area contributed by atoms with E-state index in [1.54, 1.807) is 0 Å². The lowest BCUT2D eigenvalue weighted by Crippen LogP contribution is -2.06. The first-order valence-electron chi connectivity index (χ1n) is 4.96. The van der Waals surface area contributed by atoms with Crippen molar-refractivity contribution in [2.45, 2.75) is 26.2 Å². The molecule has 0 aliphatic heterocycles. The van der Waals surface area contributed by atoms with E-state index < -0.39 is 0 Å². The highest BCUT2D eigenvalue weighted by molar-refractivity contribution is 9.09. The molecular formula is C12H14BrCl. The Hall–Kier alpha value is -0.0100. The maximum atomic E-state index is 5.99. The summed E-state index contributed by atoms with van der Waals surface area (Å²) in [5.74, 6) is 0. The first kappa shape index (κ1) is 10.5. The zero-order valence-corrected chi connectivity index (χ0v) is 10.7. The van der Waals surface area contributed by atoms with Crippen LogP contribution in [-0.2, 0) is 6.42 Å². The van der Waals surface area contributed by atoms with Gasteiger partial charge in [0.25, 0.3) is 0 Å². The van der Waals surface area contributed by atoms with Gasteiger partial charge in [0.1, 0.15) is 0 Å². The molecule has 0 bridgehead atoms. The minimum Gasteiger partial charge on any atom is -0.0922 e. The predicted octanol–water partition coefficient (Wildman–Crippen LogP) is 4.37. The van der Waals surface area contributed by atoms with Crippen molar-refractivity contribution in [3.63, 3.8) is 0 Å². The maximum absolute atomic E-state index is 5.99. The van der Waals surface area contributed by atoms with Crippen LogP contribution in [0.2, 0.25) is 5.02 Å². The smallest absolute Gasteiger partial charge is 0.0435 e. The van der Waals surface area contributed by atoms with E-state index in [4.69, 9.17) is 11.6 Å². The van der Waals surface area contributed by atoms with Gasteiger partial charge < -0.3 is 0 Å². The van der Waals surface area contributed by atoms with Crippen LogP contribution in [-0.4, -0.2) is 5.33 Å². The van der Waals surface area contributed by atoms with Crippen LogP contribution in [0, 0.1) is 12.3 Å². The number of alkyl halides is 1. The average molecular weight is 274 g/mol.